The maximum Gasteiger partial charge on any atom is 0.0783 e. The van der Waals surface area contributed by atoms with Crippen molar-refractivity contribution in [1.29, 1.82) is 0 Å². The Hall–Kier alpha value is -2.95. The number of benzene rings is 3. The third kappa shape index (κ3) is 5.97. The van der Waals surface area contributed by atoms with E-state index in [1.165, 1.54) is 26.9 Å². The van der Waals surface area contributed by atoms with Gasteiger partial charge in [0.1, 0.15) is 0 Å². The van der Waals surface area contributed by atoms with Crippen LogP contribution in [-0.4, -0.2) is 18.0 Å². The average molecular weight is 696 g/mol. The summed E-state index contributed by atoms with van der Waals surface area (Å²) in [6.07, 6.45) is 3.24. The predicted octanol–water partition coefficient (Wildman–Crippen LogP) is 8.32. The van der Waals surface area contributed by atoms with E-state index in [9.17, 15) is 0 Å². The van der Waals surface area contributed by atoms with Crippen LogP contribution in [0, 0.1) is 19.0 Å². The van der Waals surface area contributed by atoms with Crippen molar-refractivity contribution in [1.82, 2.24) is 9.97 Å². The van der Waals surface area contributed by atoms with Gasteiger partial charge in [0.05, 0.1) is 8.07 Å². The topological polar surface area (TPSA) is 25.8 Å². The largest absolute Gasteiger partial charge is 0.305 e. The SMILES string of the molecule is [2H]C([2H])([2H])c1ccc(-c2[c-]ccc3c2sc2cccc([Si](C)(C)C)c23)nc1.[Ir].[c-]1ccccc1-c1ccccn1. The van der Waals surface area contributed by atoms with Crippen LogP contribution in [0.1, 0.15) is 9.68 Å². The number of fused-ring (bicyclic) bond motifs is 3. The third-order valence-electron chi connectivity index (χ3n) is 5.93. The van der Waals surface area contributed by atoms with Crippen molar-refractivity contribution < 1.29 is 24.2 Å². The summed E-state index contributed by atoms with van der Waals surface area (Å²) in [6, 6.07) is 34.3. The Morgan fingerprint density at radius 3 is 2.35 bits per heavy atom. The monoisotopic (exact) mass is 696 g/mol. The molecule has 6 aromatic rings. The summed E-state index contributed by atoms with van der Waals surface area (Å²) in [5.74, 6) is 0. The summed E-state index contributed by atoms with van der Waals surface area (Å²) in [7, 11) is -1.49. The van der Waals surface area contributed by atoms with Crippen molar-refractivity contribution in [2.24, 2.45) is 0 Å². The van der Waals surface area contributed by atoms with Gasteiger partial charge in [0, 0.05) is 41.3 Å². The van der Waals surface area contributed by atoms with Gasteiger partial charge < -0.3 is 9.97 Å². The van der Waals surface area contributed by atoms with Crippen LogP contribution in [0.25, 0.3) is 42.7 Å². The fraction of sp³-hybridized carbons (Fsp3) is 0.125. The van der Waals surface area contributed by atoms with E-state index >= 15 is 0 Å². The normalized spacial score (nSPS) is 12.6. The summed E-state index contributed by atoms with van der Waals surface area (Å²) in [4.78, 5) is 8.65. The molecule has 0 saturated carbocycles. The zero-order valence-corrected chi connectivity index (χ0v) is 25.1. The molecule has 0 fully saturated rings. The number of nitrogens with zero attached hydrogens (tertiary/aromatic N) is 2. The van der Waals surface area contributed by atoms with Gasteiger partial charge in [-0.2, -0.15) is 11.3 Å². The number of aromatic nitrogens is 2. The molecule has 0 atom stereocenters. The second kappa shape index (κ2) is 11.6. The molecular formula is C32H28IrN2SSi-2. The molecule has 0 aliphatic heterocycles. The standard InChI is InChI=1S/C21H20NSSi.C11H8N.Ir/c1-14-11-12-17(22-13-14)15-7-5-8-16-20-18(23-21(15)16)9-6-10-19(20)24(2,3)4;1-2-6-10(7-3-1)11-8-4-5-9-12-11;/h5-6,8-13H,1-4H3;1-6,8-9H;/q2*-1;/i1D3;;. The van der Waals surface area contributed by atoms with Gasteiger partial charge in [0.25, 0.3) is 0 Å². The maximum atomic E-state index is 7.53. The molecular weight excluding hydrogens is 665 g/mol. The minimum atomic E-state index is -2.13. The quantitative estimate of drug-likeness (QED) is 0.138. The first kappa shape index (κ1) is 23.2. The fourth-order valence-electron chi connectivity index (χ4n) is 4.22. The molecule has 0 N–H and O–H groups in total. The van der Waals surface area contributed by atoms with E-state index in [2.05, 4.69) is 66.0 Å². The molecule has 2 nitrogen and oxygen atoms in total. The van der Waals surface area contributed by atoms with Crippen LogP contribution in [0.5, 0.6) is 0 Å². The number of hydrogen-bond donors (Lipinski definition) is 0. The Labute approximate surface area is 242 Å². The molecule has 187 valence electrons. The van der Waals surface area contributed by atoms with Crippen molar-refractivity contribution in [2.45, 2.75) is 26.5 Å². The number of pyridine rings is 2. The number of thiophene rings is 1. The predicted molar refractivity (Wildman–Crippen MR) is 158 cm³/mol. The van der Waals surface area contributed by atoms with Crippen molar-refractivity contribution in [2.75, 3.05) is 0 Å². The molecule has 5 heteroatoms. The summed E-state index contributed by atoms with van der Waals surface area (Å²) in [5, 5.41) is 4.06. The van der Waals surface area contributed by atoms with Crippen molar-refractivity contribution >= 4 is 44.8 Å². The van der Waals surface area contributed by atoms with E-state index in [0.717, 1.165) is 27.2 Å². The first-order valence-corrected chi connectivity index (χ1v) is 16.2. The van der Waals surface area contributed by atoms with Crippen LogP contribution in [0.15, 0.2) is 97.3 Å². The van der Waals surface area contributed by atoms with Crippen LogP contribution in [0.3, 0.4) is 0 Å². The zero-order valence-electron chi connectivity index (χ0n) is 23.9. The van der Waals surface area contributed by atoms with Gasteiger partial charge >= 0.3 is 0 Å². The zero-order chi connectivity index (χ0) is 27.6. The first-order valence-electron chi connectivity index (χ1n) is 13.3. The van der Waals surface area contributed by atoms with Gasteiger partial charge in [-0.15, -0.1) is 59.7 Å². The first-order chi connectivity index (χ1) is 18.6. The number of aryl methyl sites for hydroxylation is 1. The minimum absolute atomic E-state index is 0. The smallest absolute Gasteiger partial charge is 0.0783 e. The van der Waals surface area contributed by atoms with Gasteiger partial charge in [-0.3, -0.25) is 0 Å². The summed E-state index contributed by atoms with van der Waals surface area (Å²) >= 11 is 1.76. The summed E-state index contributed by atoms with van der Waals surface area (Å²) in [6.45, 7) is 4.98. The summed E-state index contributed by atoms with van der Waals surface area (Å²) in [5.41, 5.74) is 3.97. The Morgan fingerprint density at radius 2 is 1.68 bits per heavy atom. The molecule has 37 heavy (non-hydrogen) atoms. The van der Waals surface area contributed by atoms with E-state index in [1.807, 2.05) is 48.5 Å². The molecule has 0 saturated heterocycles. The summed E-state index contributed by atoms with van der Waals surface area (Å²) < 4.78 is 25.0. The molecule has 0 amide bonds. The van der Waals surface area contributed by atoms with Crippen LogP contribution in [-0.2, 0) is 20.1 Å². The molecule has 0 unspecified atom stereocenters. The van der Waals surface area contributed by atoms with E-state index in [1.54, 1.807) is 29.7 Å². The molecule has 0 bridgehead atoms. The maximum absolute atomic E-state index is 7.53. The molecule has 0 spiro atoms. The van der Waals surface area contributed by atoms with Crippen LogP contribution < -0.4 is 5.19 Å². The molecule has 0 aliphatic carbocycles. The molecule has 3 heterocycles. The van der Waals surface area contributed by atoms with Crippen LogP contribution in [0.2, 0.25) is 19.6 Å². The molecule has 0 aliphatic rings. The van der Waals surface area contributed by atoms with Crippen LogP contribution in [0.4, 0.5) is 0 Å². The molecule has 1 radical (unpaired) electrons. The van der Waals surface area contributed by atoms with E-state index in [4.69, 9.17) is 4.11 Å². The molecule has 3 aromatic heterocycles. The van der Waals surface area contributed by atoms with Gasteiger partial charge in [0.15, 0.2) is 0 Å². The Morgan fingerprint density at radius 1 is 0.811 bits per heavy atom. The van der Waals surface area contributed by atoms with E-state index in [-0.39, 0.29) is 25.7 Å². The third-order valence-corrected chi connectivity index (χ3v) is 9.16. The van der Waals surface area contributed by atoms with Crippen molar-refractivity contribution in [3.05, 3.63) is 115 Å². The average Bonchev–Trinajstić information content (AvgIpc) is 3.32. The molecule has 3 aromatic carbocycles. The van der Waals surface area contributed by atoms with E-state index in [0.29, 0.717) is 0 Å². The van der Waals surface area contributed by atoms with E-state index < -0.39 is 14.9 Å². The fourth-order valence-corrected chi connectivity index (χ4v) is 7.16. The van der Waals surface area contributed by atoms with Crippen molar-refractivity contribution in [3.8, 4) is 22.5 Å². The number of rotatable bonds is 3. The van der Waals surface area contributed by atoms with Gasteiger partial charge in [0.2, 0.25) is 0 Å². The van der Waals surface area contributed by atoms with Crippen LogP contribution >= 0.6 is 11.3 Å². The second-order valence-electron chi connectivity index (χ2n) is 9.55. The minimum Gasteiger partial charge on any atom is -0.305 e. The van der Waals surface area contributed by atoms with Gasteiger partial charge in [-0.25, -0.2) is 0 Å². The van der Waals surface area contributed by atoms with Crippen molar-refractivity contribution in [3.63, 3.8) is 0 Å². The molecule has 6 rings (SSSR count). The Bertz CT molecular complexity index is 1680. The Balaban J connectivity index is 0.000000238. The van der Waals surface area contributed by atoms with Gasteiger partial charge in [-0.05, 0) is 46.0 Å². The number of hydrogen-bond acceptors (Lipinski definition) is 3. The second-order valence-corrected chi connectivity index (χ2v) is 15.6. The van der Waals surface area contributed by atoms with Gasteiger partial charge in [-0.1, -0.05) is 66.6 Å². The Kier molecular flexibility index (Phi) is 7.28.